The van der Waals surface area contributed by atoms with Gasteiger partial charge < -0.3 is 9.32 Å². The predicted octanol–water partition coefficient (Wildman–Crippen LogP) is 3.04. The standard InChI is InChI=1S/C15H17ClN2O2/c1-11-13(10-16)9-14(20-11)15(19)18(2)8-5-12-3-6-17-7-4-12/h3-4,6-7,9H,5,8,10H2,1-2H3. The van der Waals surface area contributed by atoms with Gasteiger partial charge in [-0.3, -0.25) is 9.78 Å². The SMILES string of the molecule is Cc1oc(C(=O)N(C)CCc2ccncc2)cc1CCl. The molecule has 0 bridgehead atoms. The lowest BCUT2D eigenvalue weighted by Gasteiger charge is -2.15. The normalized spacial score (nSPS) is 10.6. The van der Waals surface area contributed by atoms with E-state index in [0.29, 0.717) is 23.9 Å². The zero-order valence-electron chi connectivity index (χ0n) is 11.6. The van der Waals surface area contributed by atoms with Crippen molar-refractivity contribution >= 4 is 17.5 Å². The number of nitrogens with zero attached hydrogens (tertiary/aromatic N) is 2. The van der Waals surface area contributed by atoms with E-state index in [1.165, 1.54) is 0 Å². The van der Waals surface area contributed by atoms with E-state index in [-0.39, 0.29) is 5.91 Å². The van der Waals surface area contributed by atoms with Gasteiger partial charge in [0.05, 0.1) is 5.88 Å². The fourth-order valence-corrected chi connectivity index (χ4v) is 2.16. The van der Waals surface area contributed by atoms with Crippen LogP contribution in [0.1, 0.15) is 27.4 Å². The molecule has 106 valence electrons. The van der Waals surface area contributed by atoms with Crippen LogP contribution in [0.25, 0.3) is 0 Å². The third-order valence-electron chi connectivity index (χ3n) is 3.21. The lowest BCUT2D eigenvalue weighted by Crippen LogP contribution is -2.28. The summed E-state index contributed by atoms with van der Waals surface area (Å²) in [5.74, 6) is 1.27. The summed E-state index contributed by atoms with van der Waals surface area (Å²) in [5, 5.41) is 0. The van der Waals surface area contributed by atoms with Crippen LogP contribution < -0.4 is 0 Å². The van der Waals surface area contributed by atoms with Crippen molar-refractivity contribution in [3.8, 4) is 0 Å². The van der Waals surface area contributed by atoms with E-state index in [2.05, 4.69) is 4.98 Å². The molecule has 0 atom stereocenters. The molecule has 0 N–H and O–H groups in total. The van der Waals surface area contributed by atoms with Gasteiger partial charge in [0.2, 0.25) is 0 Å². The molecule has 0 saturated heterocycles. The van der Waals surface area contributed by atoms with Crippen molar-refractivity contribution < 1.29 is 9.21 Å². The highest BCUT2D eigenvalue weighted by Crippen LogP contribution is 2.18. The third kappa shape index (κ3) is 3.39. The fraction of sp³-hybridized carbons (Fsp3) is 0.333. The highest BCUT2D eigenvalue weighted by molar-refractivity contribution is 6.17. The summed E-state index contributed by atoms with van der Waals surface area (Å²) < 4.78 is 5.45. The molecule has 0 aliphatic carbocycles. The largest absolute Gasteiger partial charge is 0.456 e. The Bertz CT molecular complexity index is 581. The van der Waals surface area contributed by atoms with Crippen LogP contribution in [-0.4, -0.2) is 29.4 Å². The highest BCUT2D eigenvalue weighted by atomic mass is 35.5. The molecular weight excluding hydrogens is 276 g/mol. The van der Waals surface area contributed by atoms with E-state index in [1.54, 1.807) is 30.4 Å². The maximum Gasteiger partial charge on any atom is 0.289 e. The Labute approximate surface area is 123 Å². The van der Waals surface area contributed by atoms with Gasteiger partial charge in [-0.15, -0.1) is 11.6 Å². The van der Waals surface area contributed by atoms with Gasteiger partial charge in [-0.1, -0.05) is 0 Å². The molecule has 0 aliphatic rings. The maximum absolute atomic E-state index is 12.2. The third-order valence-corrected chi connectivity index (χ3v) is 3.50. The van der Waals surface area contributed by atoms with Gasteiger partial charge in [-0.05, 0) is 37.1 Å². The average molecular weight is 293 g/mol. The van der Waals surface area contributed by atoms with E-state index in [9.17, 15) is 4.79 Å². The summed E-state index contributed by atoms with van der Waals surface area (Å²) in [5.41, 5.74) is 2.01. The van der Waals surface area contributed by atoms with Gasteiger partial charge in [-0.25, -0.2) is 0 Å². The Morgan fingerprint density at radius 2 is 2.10 bits per heavy atom. The van der Waals surface area contributed by atoms with Gasteiger partial charge in [0.15, 0.2) is 5.76 Å². The van der Waals surface area contributed by atoms with Crippen LogP contribution in [0.4, 0.5) is 0 Å². The molecule has 2 rings (SSSR count). The molecule has 0 saturated carbocycles. The summed E-state index contributed by atoms with van der Waals surface area (Å²) in [6.45, 7) is 2.43. The van der Waals surface area contributed by atoms with E-state index in [4.69, 9.17) is 16.0 Å². The molecular formula is C15H17ClN2O2. The Balaban J connectivity index is 1.98. The molecule has 0 aliphatic heterocycles. The van der Waals surface area contributed by atoms with Crippen molar-refractivity contribution in [1.82, 2.24) is 9.88 Å². The fourth-order valence-electron chi connectivity index (χ4n) is 1.89. The number of alkyl halides is 1. The van der Waals surface area contributed by atoms with E-state index in [0.717, 1.165) is 17.5 Å². The Kier molecular flexibility index (Phi) is 4.79. The number of carbonyl (C=O) groups excluding carboxylic acids is 1. The molecule has 2 heterocycles. The van der Waals surface area contributed by atoms with Crippen LogP contribution >= 0.6 is 11.6 Å². The zero-order chi connectivity index (χ0) is 14.5. The minimum atomic E-state index is -0.126. The Morgan fingerprint density at radius 3 is 2.70 bits per heavy atom. The van der Waals surface area contributed by atoms with Gasteiger partial charge in [0.25, 0.3) is 5.91 Å². The smallest absolute Gasteiger partial charge is 0.289 e. The first-order valence-corrected chi connectivity index (χ1v) is 6.95. The first kappa shape index (κ1) is 14.6. The highest BCUT2D eigenvalue weighted by Gasteiger charge is 2.17. The van der Waals surface area contributed by atoms with Crippen molar-refractivity contribution in [2.24, 2.45) is 0 Å². The van der Waals surface area contributed by atoms with Gasteiger partial charge >= 0.3 is 0 Å². The Hall–Kier alpha value is -1.81. The number of pyridine rings is 1. The molecule has 0 unspecified atom stereocenters. The lowest BCUT2D eigenvalue weighted by atomic mass is 10.2. The number of rotatable bonds is 5. The van der Waals surface area contributed by atoms with Gasteiger partial charge in [-0.2, -0.15) is 0 Å². The quantitative estimate of drug-likeness (QED) is 0.796. The topological polar surface area (TPSA) is 46.3 Å². The van der Waals surface area contributed by atoms with Crippen molar-refractivity contribution in [2.45, 2.75) is 19.2 Å². The number of aryl methyl sites for hydroxylation is 1. The molecule has 20 heavy (non-hydrogen) atoms. The number of furan rings is 1. The molecule has 0 fully saturated rings. The lowest BCUT2D eigenvalue weighted by molar-refractivity contribution is 0.0764. The predicted molar refractivity (Wildman–Crippen MR) is 77.9 cm³/mol. The van der Waals surface area contributed by atoms with Crippen LogP contribution in [0.3, 0.4) is 0 Å². The summed E-state index contributed by atoms with van der Waals surface area (Å²) in [6.07, 6.45) is 4.28. The van der Waals surface area contributed by atoms with Gasteiger partial charge in [0.1, 0.15) is 5.76 Å². The second-order valence-corrected chi connectivity index (χ2v) is 4.93. The van der Waals surface area contributed by atoms with Crippen LogP contribution in [0.2, 0.25) is 0 Å². The van der Waals surface area contributed by atoms with Crippen LogP contribution in [0.5, 0.6) is 0 Å². The number of likely N-dealkylation sites (N-methyl/N-ethyl adjacent to an activating group) is 1. The number of hydrogen-bond donors (Lipinski definition) is 0. The first-order valence-electron chi connectivity index (χ1n) is 6.41. The summed E-state index contributed by atoms with van der Waals surface area (Å²) in [6, 6.07) is 5.61. The molecule has 0 spiro atoms. The number of amides is 1. The Morgan fingerprint density at radius 1 is 1.40 bits per heavy atom. The molecule has 5 heteroatoms. The number of aromatic nitrogens is 1. The second-order valence-electron chi connectivity index (χ2n) is 4.66. The monoisotopic (exact) mass is 292 g/mol. The van der Waals surface area contributed by atoms with E-state index in [1.807, 2.05) is 19.1 Å². The number of halogens is 1. The maximum atomic E-state index is 12.2. The minimum Gasteiger partial charge on any atom is -0.456 e. The molecule has 4 nitrogen and oxygen atoms in total. The van der Waals surface area contributed by atoms with Gasteiger partial charge in [0, 0.05) is 31.5 Å². The van der Waals surface area contributed by atoms with Crippen molar-refractivity contribution in [3.05, 3.63) is 53.2 Å². The van der Waals surface area contributed by atoms with Crippen molar-refractivity contribution in [3.63, 3.8) is 0 Å². The number of carbonyl (C=O) groups is 1. The molecule has 0 aromatic carbocycles. The van der Waals surface area contributed by atoms with Crippen LogP contribution in [0.15, 0.2) is 35.0 Å². The molecule has 1 amide bonds. The van der Waals surface area contributed by atoms with Crippen LogP contribution in [-0.2, 0) is 12.3 Å². The molecule has 2 aromatic rings. The van der Waals surface area contributed by atoms with Crippen molar-refractivity contribution in [1.29, 1.82) is 0 Å². The van der Waals surface area contributed by atoms with E-state index < -0.39 is 0 Å². The van der Waals surface area contributed by atoms with Crippen LogP contribution in [0, 0.1) is 6.92 Å². The second kappa shape index (κ2) is 6.57. The zero-order valence-corrected chi connectivity index (χ0v) is 12.4. The van der Waals surface area contributed by atoms with E-state index >= 15 is 0 Å². The molecule has 0 radical (unpaired) electrons. The van der Waals surface area contributed by atoms with Crippen molar-refractivity contribution in [2.75, 3.05) is 13.6 Å². The summed E-state index contributed by atoms with van der Waals surface area (Å²) in [7, 11) is 1.77. The summed E-state index contributed by atoms with van der Waals surface area (Å²) >= 11 is 5.78. The summed E-state index contributed by atoms with van der Waals surface area (Å²) in [4.78, 5) is 17.8. The first-order chi connectivity index (χ1) is 9.61. The molecule has 2 aromatic heterocycles. The number of hydrogen-bond acceptors (Lipinski definition) is 3. The average Bonchev–Trinajstić information content (AvgIpc) is 2.86. The minimum absolute atomic E-state index is 0.126.